The lowest BCUT2D eigenvalue weighted by Crippen LogP contribution is -2.45. The van der Waals surface area contributed by atoms with Gasteiger partial charge in [0.15, 0.2) is 11.5 Å². The average Bonchev–Trinajstić information content (AvgIpc) is 3.15. The molecule has 0 spiro atoms. The van der Waals surface area contributed by atoms with Crippen molar-refractivity contribution in [3.8, 4) is 11.5 Å². The monoisotopic (exact) mass is 394 g/mol. The van der Waals surface area contributed by atoms with Crippen LogP contribution in [0.15, 0.2) is 23.4 Å². The zero-order chi connectivity index (χ0) is 19.6. The van der Waals surface area contributed by atoms with E-state index >= 15 is 0 Å². The highest BCUT2D eigenvalue weighted by atomic mass is 35.5. The minimum Gasteiger partial charge on any atom is -0.493 e. The lowest BCUT2D eigenvalue weighted by molar-refractivity contribution is -0.136. The van der Waals surface area contributed by atoms with Gasteiger partial charge >= 0.3 is 12.0 Å². The van der Waals surface area contributed by atoms with E-state index in [4.69, 9.17) is 25.8 Å². The SMILES string of the molecule is COC(=O)C1=C(C)NC(=O)N[C@@H]1c1cc(Cl)c(OC2CCCC2)c(OC)c1. The molecule has 0 saturated heterocycles. The quantitative estimate of drug-likeness (QED) is 0.747. The van der Waals surface area contributed by atoms with Gasteiger partial charge in [0.1, 0.15) is 0 Å². The van der Waals surface area contributed by atoms with Crippen molar-refractivity contribution < 1.29 is 23.8 Å². The third-order valence-corrected chi connectivity index (χ3v) is 5.13. The predicted octanol–water partition coefficient (Wildman–Crippen LogP) is 3.47. The topological polar surface area (TPSA) is 85.9 Å². The van der Waals surface area contributed by atoms with E-state index in [-0.39, 0.29) is 6.10 Å². The summed E-state index contributed by atoms with van der Waals surface area (Å²) in [4.78, 5) is 24.2. The number of amides is 2. The van der Waals surface area contributed by atoms with E-state index in [9.17, 15) is 9.59 Å². The maximum absolute atomic E-state index is 12.2. The molecule has 0 radical (unpaired) electrons. The summed E-state index contributed by atoms with van der Waals surface area (Å²) in [6, 6.07) is 2.29. The number of allylic oxidation sites excluding steroid dienone is 1. The van der Waals surface area contributed by atoms with Crippen molar-refractivity contribution in [2.45, 2.75) is 44.8 Å². The van der Waals surface area contributed by atoms with Crippen molar-refractivity contribution in [1.82, 2.24) is 10.6 Å². The van der Waals surface area contributed by atoms with Gasteiger partial charge in [-0.25, -0.2) is 9.59 Å². The van der Waals surface area contributed by atoms with Gasteiger partial charge in [-0.2, -0.15) is 0 Å². The van der Waals surface area contributed by atoms with Crippen molar-refractivity contribution in [3.05, 3.63) is 34.0 Å². The van der Waals surface area contributed by atoms with Gasteiger partial charge in [0, 0.05) is 5.70 Å². The summed E-state index contributed by atoms with van der Waals surface area (Å²) in [5.41, 5.74) is 1.34. The number of benzene rings is 1. The van der Waals surface area contributed by atoms with Crippen LogP contribution in [0.1, 0.15) is 44.2 Å². The molecule has 0 bridgehead atoms. The summed E-state index contributed by atoms with van der Waals surface area (Å²) >= 11 is 6.48. The molecule has 2 N–H and O–H groups in total. The number of methoxy groups -OCH3 is 2. The Bertz CT molecular complexity index is 787. The Morgan fingerprint density at radius 3 is 2.56 bits per heavy atom. The Morgan fingerprint density at radius 1 is 1.22 bits per heavy atom. The van der Waals surface area contributed by atoms with Gasteiger partial charge in [-0.15, -0.1) is 0 Å². The van der Waals surface area contributed by atoms with Gasteiger partial charge < -0.3 is 24.8 Å². The van der Waals surface area contributed by atoms with Gasteiger partial charge in [-0.05, 0) is 50.3 Å². The van der Waals surface area contributed by atoms with Gasteiger partial charge in [0.2, 0.25) is 0 Å². The molecule has 2 amide bonds. The van der Waals surface area contributed by atoms with Crippen LogP contribution >= 0.6 is 11.6 Å². The summed E-state index contributed by atoms with van der Waals surface area (Å²) in [5, 5.41) is 5.69. The van der Waals surface area contributed by atoms with Gasteiger partial charge in [0.25, 0.3) is 0 Å². The number of esters is 1. The largest absolute Gasteiger partial charge is 0.493 e. The molecule has 0 unspecified atom stereocenters. The van der Waals surface area contributed by atoms with Crippen LogP contribution in [0.2, 0.25) is 5.02 Å². The third kappa shape index (κ3) is 3.98. The number of halogens is 1. The number of urea groups is 1. The molecule has 8 heteroatoms. The molecule has 27 heavy (non-hydrogen) atoms. The van der Waals surface area contributed by atoms with Crippen LogP contribution in [-0.2, 0) is 9.53 Å². The second-order valence-electron chi connectivity index (χ2n) is 6.62. The van der Waals surface area contributed by atoms with Crippen LogP contribution in [0.25, 0.3) is 0 Å². The molecule has 3 rings (SSSR count). The molecule has 1 fully saturated rings. The molecule has 0 aromatic heterocycles. The standard InChI is InChI=1S/C19H23ClN2O5/c1-10-15(18(23)26-3)16(22-19(24)21-10)11-8-13(20)17(14(9-11)25-2)27-12-6-4-5-7-12/h8-9,12,16H,4-7H2,1-3H3,(H2,21,22,24)/t16-/m1/s1. The molecule has 7 nitrogen and oxygen atoms in total. The first kappa shape index (κ1) is 19.4. The van der Waals surface area contributed by atoms with Crippen LogP contribution in [-0.4, -0.2) is 32.3 Å². The zero-order valence-electron chi connectivity index (χ0n) is 15.6. The Balaban J connectivity index is 2.00. The molecule has 2 aliphatic rings. The Kier molecular flexibility index (Phi) is 5.79. The van der Waals surface area contributed by atoms with Crippen LogP contribution in [0.5, 0.6) is 11.5 Å². The first-order chi connectivity index (χ1) is 12.9. The highest BCUT2D eigenvalue weighted by Crippen LogP contribution is 2.41. The smallest absolute Gasteiger partial charge is 0.337 e. The number of nitrogens with one attached hydrogen (secondary N) is 2. The molecule has 1 atom stereocenters. The lowest BCUT2D eigenvalue weighted by Gasteiger charge is -2.28. The van der Waals surface area contributed by atoms with Crippen molar-refractivity contribution in [3.63, 3.8) is 0 Å². The fourth-order valence-electron chi connectivity index (χ4n) is 3.52. The van der Waals surface area contributed by atoms with Crippen LogP contribution < -0.4 is 20.1 Å². The van der Waals surface area contributed by atoms with E-state index in [1.807, 2.05) is 0 Å². The predicted molar refractivity (Wildman–Crippen MR) is 100 cm³/mol. The van der Waals surface area contributed by atoms with E-state index in [1.54, 1.807) is 19.1 Å². The molecule has 1 aliphatic heterocycles. The van der Waals surface area contributed by atoms with E-state index in [0.717, 1.165) is 25.7 Å². The third-order valence-electron chi connectivity index (χ3n) is 4.85. The number of ether oxygens (including phenoxy) is 3. The molecule has 1 aromatic rings. The maximum Gasteiger partial charge on any atom is 0.337 e. The normalized spacial score (nSPS) is 20.1. The van der Waals surface area contributed by atoms with E-state index in [1.165, 1.54) is 14.2 Å². The molecule has 1 aliphatic carbocycles. The van der Waals surface area contributed by atoms with Crippen LogP contribution in [0.3, 0.4) is 0 Å². The second kappa shape index (κ2) is 8.08. The Morgan fingerprint density at radius 2 is 1.93 bits per heavy atom. The van der Waals surface area contributed by atoms with Crippen molar-refractivity contribution >= 4 is 23.6 Å². The van der Waals surface area contributed by atoms with Crippen molar-refractivity contribution in [2.75, 3.05) is 14.2 Å². The number of hydrogen-bond donors (Lipinski definition) is 2. The summed E-state index contributed by atoms with van der Waals surface area (Å²) < 4.78 is 16.4. The van der Waals surface area contributed by atoms with Gasteiger partial charge in [0.05, 0.1) is 37.0 Å². The maximum atomic E-state index is 12.2. The first-order valence-corrected chi connectivity index (χ1v) is 9.23. The number of rotatable bonds is 5. The summed E-state index contributed by atoms with van der Waals surface area (Å²) in [6.07, 6.45) is 4.36. The van der Waals surface area contributed by atoms with Crippen LogP contribution in [0, 0.1) is 0 Å². The minimum absolute atomic E-state index is 0.119. The molecule has 146 valence electrons. The average molecular weight is 395 g/mol. The molecular formula is C19H23ClN2O5. The summed E-state index contributed by atoms with van der Waals surface area (Å²) in [7, 11) is 2.82. The van der Waals surface area contributed by atoms with Crippen LogP contribution in [0.4, 0.5) is 4.79 Å². The highest BCUT2D eigenvalue weighted by molar-refractivity contribution is 6.32. The van der Waals surface area contributed by atoms with E-state index < -0.39 is 18.0 Å². The lowest BCUT2D eigenvalue weighted by atomic mass is 9.95. The van der Waals surface area contributed by atoms with Crippen molar-refractivity contribution in [2.24, 2.45) is 0 Å². The number of carbonyl (C=O) groups excluding carboxylic acids is 2. The fourth-order valence-corrected chi connectivity index (χ4v) is 3.78. The first-order valence-electron chi connectivity index (χ1n) is 8.85. The molecule has 1 heterocycles. The Hall–Kier alpha value is -2.41. The molecule has 1 aromatic carbocycles. The summed E-state index contributed by atoms with van der Waals surface area (Å²) in [5.74, 6) is 0.404. The van der Waals surface area contributed by atoms with Crippen molar-refractivity contribution in [1.29, 1.82) is 0 Å². The fraction of sp³-hybridized carbons (Fsp3) is 0.474. The van der Waals surface area contributed by atoms with E-state index in [2.05, 4.69) is 10.6 Å². The van der Waals surface area contributed by atoms with Gasteiger partial charge in [-0.3, -0.25) is 0 Å². The van der Waals surface area contributed by atoms with E-state index in [0.29, 0.717) is 33.4 Å². The molecule has 1 saturated carbocycles. The number of hydrogen-bond acceptors (Lipinski definition) is 5. The minimum atomic E-state index is -0.710. The number of carbonyl (C=O) groups is 2. The molecular weight excluding hydrogens is 372 g/mol. The highest BCUT2D eigenvalue weighted by Gasteiger charge is 2.33. The Labute approximate surface area is 163 Å². The van der Waals surface area contributed by atoms with Gasteiger partial charge in [-0.1, -0.05) is 11.6 Å². The zero-order valence-corrected chi connectivity index (χ0v) is 16.3. The summed E-state index contributed by atoms with van der Waals surface area (Å²) in [6.45, 7) is 1.65. The second-order valence-corrected chi connectivity index (χ2v) is 7.03.